The summed E-state index contributed by atoms with van der Waals surface area (Å²) in [6.07, 6.45) is 5.33. The minimum Gasteiger partial charge on any atom is -0.550 e. The SMILES string of the molecule is CC(=O)[O-].CC(=O)[O-].CCC[N+](CCC)(CCC)CCC.[NH4+]. The molecule has 0 aromatic heterocycles. The largest absolute Gasteiger partial charge is 0.550 e. The predicted octanol–water partition coefficient (Wildman–Crippen LogP) is 1.33. The number of carbonyl (C=O) groups is 2. The minimum absolute atomic E-state index is 0. The van der Waals surface area contributed by atoms with Gasteiger partial charge < -0.3 is 30.4 Å². The maximum atomic E-state index is 8.89. The van der Waals surface area contributed by atoms with Gasteiger partial charge in [0.15, 0.2) is 0 Å². The third kappa shape index (κ3) is 27.2. The standard InChI is InChI=1S/C12H28N.2C2H4O2.H3N/c1-5-9-13(10-6-2,11-7-3)12-8-4;2*1-2(3)4;/h5-12H2,1-4H3;2*1H3,(H,3,4);1H3/q+1;;;/p-1. The van der Waals surface area contributed by atoms with Crippen LogP contribution in [-0.4, -0.2) is 42.6 Å². The predicted molar refractivity (Wildman–Crippen MR) is 88.2 cm³/mol. The summed E-state index contributed by atoms with van der Waals surface area (Å²) >= 11 is 0. The molecule has 0 aliphatic rings. The minimum atomic E-state index is -1.08. The van der Waals surface area contributed by atoms with Crippen molar-refractivity contribution in [2.24, 2.45) is 0 Å². The number of carbonyl (C=O) groups excluding carboxylic acids is 2. The summed E-state index contributed by atoms with van der Waals surface area (Å²) in [5.41, 5.74) is 0. The molecule has 0 aromatic rings. The molecule has 0 radical (unpaired) electrons. The molecule has 136 valence electrons. The molecule has 0 fully saturated rings. The second-order valence-corrected chi connectivity index (χ2v) is 5.22. The van der Waals surface area contributed by atoms with Crippen LogP contribution in [0.2, 0.25) is 0 Å². The van der Waals surface area contributed by atoms with E-state index in [1.807, 2.05) is 0 Å². The van der Waals surface area contributed by atoms with E-state index in [4.69, 9.17) is 19.8 Å². The quantitative estimate of drug-likeness (QED) is 0.678. The number of hydrogen-bond donors (Lipinski definition) is 1. The van der Waals surface area contributed by atoms with Crippen molar-refractivity contribution in [1.29, 1.82) is 0 Å². The van der Waals surface area contributed by atoms with Gasteiger partial charge in [-0.05, 0) is 39.5 Å². The zero-order chi connectivity index (χ0) is 17.3. The van der Waals surface area contributed by atoms with Crippen LogP contribution in [0.4, 0.5) is 0 Å². The van der Waals surface area contributed by atoms with E-state index in [2.05, 4.69) is 27.7 Å². The first-order valence-electron chi connectivity index (χ1n) is 7.91. The van der Waals surface area contributed by atoms with Gasteiger partial charge in [0.05, 0.1) is 26.2 Å². The second kappa shape index (κ2) is 19.9. The van der Waals surface area contributed by atoms with Crippen LogP contribution in [0.25, 0.3) is 0 Å². The number of nitrogens with zero attached hydrogens (tertiary/aromatic N) is 1. The van der Waals surface area contributed by atoms with Crippen molar-refractivity contribution < 1.29 is 24.3 Å². The summed E-state index contributed by atoms with van der Waals surface area (Å²) in [5, 5.41) is 17.8. The van der Waals surface area contributed by atoms with Gasteiger partial charge in [0.25, 0.3) is 0 Å². The average Bonchev–Trinajstić information content (AvgIpc) is 2.28. The summed E-state index contributed by atoms with van der Waals surface area (Å²) in [6.45, 7) is 16.7. The van der Waals surface area contributed by atoms with E-state index in [0.717, 1.165) is 13.8 Å². The Hall–Kier alpha value is -1.14. The van der Waals surface area contributed by atoms with Crippen molar-refractivity contribution in [3.63, 3.8) is 0 Å². The van der Waals surface area contributed by atoms with Gasteiger partial charge >= 0.3 is 0 Å². The molecule has 0 saturated heterocycles. The zero-order valence-electron chi connectivity index (χ0n) is 15.7. The molecule has 0 spiro atoms. The van der Waals surface area contributed by atoms with E-state index in [1.165, 1.54) is 56.3 Å². The molecule has 6 nitrogen and oxygen atoms in total. The smallest absolute Gasteiger partial charge is 0.0783 e. The van der Waals surface area contributed by atoms with Gasteiger partial charge in [-0.3, -0.25) is 0 Å². The fourth-order valence-corrected chi connectivity index (χ4v) is 2.57. The summed E-state index contributed by atoms with van der Waals surface area (Å²) in [5.74, 6) is -2.17. The molecule has 0 atom stereocenters. The number of hydrogen-bond acceptors (Lipinski definition) is 4. The molecule has 0 amide bonds. The maximum absolute atomic E-state index is 8.89. The first-order chi connectivity index (χ1) is 9.71. The first-order valence-corrected chi connectivity index (χ1v) is 7.91. The molecule has 0 aliphatic heterocycles. The normalized spacial score (nSPS) is 9.36. The van der Waals surface area contributed by atoms with Gasteiger partial charge in [0.1, 0.15) is 0 Å². The molecule has 22 heavy (non-hydrogen) atoms. The fraction of sp³-hybridized carbons (Fsp3) is 0.875. The lowest BCUT2D eigenvalue weighted by atomic mass is 10.2. The van der Waals surface area contributed by atoms with E-state index >= 15 is 0 Å². The number of carboxylic acids is 2. The molecule has 0 bridgehead atoms. The lowest BCUT2D eigenvalue weighted by Gasteiger charge is -2.38. The Balaban J connectivity index is -0.000000150. The van der Waals surface area contributed by atoms with Crippen LogP contribution in [0.15, 0.2) is 0 Å². The van der Waals surface area contributed by atoms with Crippen LogP contribution >= 0.6 is 0 Å². The lowest BCUT2D eigenvalue weighted by molar-refractivity contribution is -0.928. The Morgan fingerprint density at radius 2 is 0.818 bits per heavy atom. The molecule has 0 heterocycles. The molecular formula is C16H38N2O4. The highest BCUT2D eigenvalue weighted by molar-refractivity contribution is 5.60. The summed E-state index contributed by atoms with van der Waals surface area (Å²) < 4.78 is 1.38. The number of rotatable bonds is 8. The van der Waals surface area contributed by atoms with E-state index in [1.54, 1.807) is 0 Å². The average molecular weight is 322 g/mol. The molecular weight excluding hydrogens is 284 g/mol. The molecule has 6 heteroatoms. The van der Waals surface area contributed by atoms with Gasteiger partial charge in [0.2, 0.25) is 0 Å². The van der Waals surface area contributed by atoms with Gasteiger partial charge in [-0.25, -0.2) is 0 Å². The number of quaternary nitrogens is 2. The summed E-state index contributed by atoms with van der Waals surface area (Å²) in [6, 6.07) is 0. The fourth-order valence-electron chi connectivity index (χ4n) is 2.57. The van der Waals surface area contributed by atoms with Crippen LogP contribution in [-0.2, 0) is 9.59 Å². The molecule has 0 aromatic carbocycles. The van der Waals surface area contributed by atoms with Crippen molar-refractivity contribution in [3.05, 3.63) is 0 Å². The Bertz CT molecular complexity index is 209. The van der Waals surface area contributed by atoms with Gasteiger partial charge in [-0.15, -0.1) is 0 Å². The van der Waals surface area contributed by atoms with Crippen molar-refractivity contribution in [3.8, 4) is 0 Å². The van der Waals surface area contributed by atoms with E-state index in [-0.39, 0.29) is 6.15 Å². The van der Waals surface area contributed by atoms with Crippen molar-refractivity contribution in [1.82, 2.24) is 6.15 Å². The van der Waals surface area contributed by atoms with Crippen LogP contribution < -0.4 is 16.4 Å². The summed E-state index contributed by atoms with van der Waals surface area (Å²) in [7, 11) is 0. The van der Waals surface area contributed by atoms with Crippen LogP contribution in [0.1, 0.15) is 67.2 Å². The molecule has 4 N–H and O–H groups in total. The summed E-state index contributed by atoms with van der Waals surface area (Å²) in [4.78, 5) is 17.8. The molecule has 0 aliphatic carbocycles. The Labute approximate surface area is 136 Å². The van der Waals surface area contributed by atoms with Crippen LogP contribution in [0, 0.1) is 0 Å². The molecule has 0 unspecified atom stereocenters. The topological polar surface area (TPSA) is 117 Å². The highest BCUT2D eigenvalue weighted by atomic mass is 16.4. The number of carboxylic acid groups (broad SMARTS) is 2. The maximum Gasteiger partial charge on any atom is 0.0783 e. The van der Waals surface area contributed by atoms with Gasteiger partial charge in [-0.2, -0.15) is 0 Å². The zero-order valence-corrected chi connectivity index (χ0v) is 15.7. The highest BCUT2D eigenvalue weighted by Crippen LogP contribution is 2.12. The Morgan fingerprint density at radius 3 is 0.909 bits per heavy atom. The lowest BCUT2D eigenvalue weighted by Crippen LogP contribution is -2.50. The van der Waals surface area contributed by atoms with Crippen molar-refractivity contribution in [2.75, 3.05) is 26.2 Å². The molecule has 0 rings (SSSR count). The first kappa shape index (κ1) is 28.9. The highest BCUT2D eigenvalue weighted by Gasteiger charge is 2.22. The molecule has 0 saturated carbocycles. The Morgan fingerprint density at radius 1 is 0.682 bits per heavy atom. The van der Waals surface area contributed by atoms with E-state index in [9.17, 15) is 0 Å². The Kier molecular flexibility index (Phi) is 26.1. The van der Waals surface area contributed by atoms with Crippen molar-refractivity contribution in [2.45, 2.75) is 67.2 Å². The monoisotopic (exact) mass is 322 g/mol. The van der Waals surface area contributed by atoms with E-state index < -0.39 is 11.9 Å². The van der Waals surface area contributed by atoms with Crippen LogP contribution in [0.3, 0.4) is 0 Å². The van der Waals surface area contributed by atoms with Gasteiger partial charge in [-0.1, -0.05) is 27.7 Å². The number of aliphatic carboxylic acids is 2. The van der Waals surface area contributed by atoms with Crippen molar-refractivity contribution >= 4 is 11.9 Å². The van der Waals surface area contributed by atoms with Gasteiger partial charge in [0, 0.05) is 11.9 Å². The van der Waals surface area contributed by atoms with Crippen LogP contribution in [0.5, 0.6) is 0 Å². The third-order valence-corrected chi connectivity index (χ3v) is 2.79. The van der Waals surface area contributed by atoms with E-state index in [0.29, 0.717) is 0 Å². The third-order valence-electron chi connectivity index (χ3n) is 2.79. The second-order valence-electron chi connectivity index (χ2n) is 5.22.